The van der Waals surface area contributed by atoms with Gasteiger partial charge in [-0.3, -0.25) is 4.79 Å². The Balaban J connectivity index is 1.56. The molecule has 2 aromatic rings. The fraction of sp³-hybridized carbons (Fsp3) is 0.381. The van der Waals surface area contributed by atoms with Crippen LogP contribution in [0.2, 0.25) is 0 Å². The van der Waals surface area contributed by atoms with Gasteiger partial charge in [0.05, 0.1) is 13.2 Å². The molecule has 2 N–H and O–H groups in total. The molecule has 0 bridgehead atoms. The topological polar surface area (TPSA) is 58.6 Å². The number of ether oxygens (including phenoxy) is 1. The molecule has 26 heavy (non-hydrogen) atoms. The van der Waals surface area contributed by atoms with Crippen molar-refractivity contribution < 1.29 is 19.0 Å². The van der Waals surface area contributed by atoms with Crippen LogP contribution in [-0.2, 0) is 11.2 Å². The van der Waals surface area contributed by atoms with Crippen molar-refractivity contribution in [3.8, 4) is 5.75 Å². The van der Waals surface area contributed by atoms with Crippen LogP contribution in [0.3, 0.4) is 0 Å². The summed E-state index contributed by atoms with van der Waals surface area (Å²) in [5.74, 6) is 0.598. The molecule has 4 nitrogen and oxygen atoms in total. The molecule has 2 aromatic carbocycles. The number of carbonyl (C=O) groups is 1. The number of methoxy groups -OCH3 is 1. The predicted octanol–water partition coefficient (Wildman–Crippen LogP) is 3.49. The normalized spacial score (nSPS) is 17.3. The predicted molar refractivity (Wildman–Crippen MR) is 97.7 cm³/mol. The minimum atomic E-state index is -0.845. The molecule has 0 aromatic heterocycles. The zero-order valence-electron chi connectivity index (χ0n) is 14.9. The van der Waals surface area contributed by atoms with Crippen molar-refractivity contribution in [3.05, 3.63) is 65.0 Å². The maximum Gasteiger partial charge on any atom is 0.220 e. The molecule has 5 heteroatoms. The van der Waals surface area contributed by atoms with Gasteiger partial charge in [0.15, 0.2) is 0 Å². The van der Waals surface area contributed by atoms with Crippen molar-refractivity contribution in [1.29, 1.82) is 0 Å². The van der Waals surface area contributed by atoms with Crippen molar-refractivity contribution >= 4 is 5.91 Å². The fourth-order valence-electron chi connectivity index (χ4n) is 3.54. The molecule has 138 valence electrons. The summed E-state index contributed by atoms with van der Waals surface area (Å²) in [7, 11) is 1.65. The van der Waals surface area contributed by atoms with Gasteiger partial charge in [-0.1, -0.05) is 18.2 Å². The third kappa shape index (κ3) is 4.41. The molecule has 0 fully saturated rings. The molecule has 1 aliphatic carbocycles. The molecule has 0 saturated heterocycles. The maximum absolute atomic E-state index is 12.9. The molecule has 1 aliphatic rings. The van der Waals surface area contributed by atoms with E-state index in [1.54, 1.807) is 7.11 Å². The number of rotatable bonds is 6. The monoisotopic (exact) mass is 357 g/mol. The van der Waals surface area contributed by atoms with Crippen LogP contribution in [0, 0.1) is 5.82 Å². The summed E-state index contributed by atoms with van der Waals surface area (Å²) in [6.07, 6.45) is 2.59. The molecular weight excluding hydrogens is 333 g/mol. The van der Waals surface area contributed by atoms with Crippen molar-refractivity contribution in [2.45, 2.75) is 37.7 Å². The summed E-state index contributed by atoms with van der Waals surface area (Å²) in [6, 6.07) is 11.7. The van der Waals surface area contributed by atoms with Crippen LogP contribution in [0.15, 0.2) is 42.5 Å². The Hall–Kier alpha value is -2.40. The van der Waals surface area contributed by atoms with E-state index in [1.807, 2.05) is 6.07 Å². The average Bonchev–Trinajstić information content (AvgIpc) is 2.66. The third-order valence-electron chi connectivity index (χ3n) is 4.97. The largest absolute Gasteiger partial charge is 0.497 e. The standard InChI is InChI=1S/C21H24FNO3/c1-26-18-9-10-19-15(11-18)3-2-4-16(19)12-21(25)23-13-20(24)14-5-7-17(22)8-6-14/h5-11,16,20,24H,2-4,12-13H2,1H3,(H,23,25)/t16-,20-/m1/s1. The lowest BCUT2D eigenvalue weighted by atomic mass is 9.81. The van der Waals surface area contributed by atoms with Crippen LogP contribution < -0.4 is 10.1 Å². The molecule has 3 rings (SSSR count). The van der Waals surface area contributed by atoms with E-state index in [2.05, 4.69) is 17.4 Å². The van der Waals surface area contributed by atoms with Gasteiger partial charge >= 0.3 is 0 Å². The van der Waals surface area contributed by atoms with Crippen molar-refractivity contribution in [2.75, 3.05) is 13.7 Å². The summed E-state index contributed by atoms with van der Waals surface area (Å²) in [5, 5.41) is 12.9. The van der Waals surface area contributed by atoms with E-state index in [0.29, 0.717) is 12.0 Å². The van der Waals surface area contributed by atoms with E-state index < -0.39 is 6.10 Å². The van der Waals surface area contributed by atoms with Gasteiger partial charge in [0.2, 0.25) is 5.91 Å². The Labute approximate surface area is 153 Å². The number of nitrogens with one attached hydrogen (secondary N) is 1. The van der Waals surface area contributed by atoms with E-state index in [1.165, 1.54) is 35.4 Å². The number of aliphatic hydroxyl groups excluding tert-OH is 1. The fourth-order valence-corrected chi connectivity index (χ4v) is 3.54. The van der Waals surface area contributed by atoms with Crippen molar-refractivity contribution in [1.82, 2.24) is 5.32 Å². The highest BCUT2D eigenvalue weighted by atomic mass is 19.1. The van der Waals surface area contributed by atoms with E-state index >= 15 is 0 Å². The number of carbonyl (C=O) groups excluding carboxylic acids is 1. The van der Waals surface area contributed by atoms with Gasteiger partial charge in [0, 0.05) is 13.0 Å². The zero-order chi connectivity index (χ0) is 18.5. The van der Waals surface area contributed by atoms with Gasteiger partial charge in [-0.25, -0.2) is 4.39 Å². The molecule has 0 saturated carbocycles. The Kier molecular flexibility index (Phi) is 5.89. The number of benzene rings is 2. The number of hydrogen-bond donors (Lipinski definition) is 2. The highest BCUT2D eigenvalue weighted by Gasteiger charge is 2.23. The van der Waals surface area contributed by atoms with E-state index in [-0.39, 0.29) is 24.2 Å². The lowest BCUT2D eigenvalue weighted by Crippen LogP contribution is -2.30. The minimum absolute atomic E-state index is 0.0835. The minimum Gasteiger partial charge on any atom is -0.497 e. The molecule has 0 aliphatic heterocycles. The molecule has 0 spiro atoms. The highest BCUT2D eigenvalue weighted by Crippen LogP contribution is 2.35. The van der Waals surface area contributed by atoms with Crippen molar-refractivity contribution in [3.63, 3.8) is 0 Å². The summed E-state index contributed by atoms with van der Waals surface area (Å²) in [6.45, 7) is 0.118. The molecule has 0 heterocycles. The number of fused-ring (bicyclic) bond motifs is 1. The van der Waals surface area contributed by atoms with Crippen LogP contribution in [0.25, 0.3) is 0 Å². The van der Waals surface area contributed by atoms with Crippen molar-refractivity contribution in [2.24, 2.45) is 0 Å². The SMILES string of the molecule is COc1ccc2c(c1)CCC[C@@H]2CC(=O)NC[C@@H](O)c1ccc(F)cc1. The van der Waals surface area contributed by atoms with Crippen LogP contribution in [-0.4, -0.2) is 24.7 Å². The number of hydrogen-bond acceptors (Lipinski definition) is 3. The van der Waals surface area contributed by atoms with Gasteiger partial charge in [0.25, 0.3) is 0 Å². The van der Waals surface area contributed by atoms with Gasteiger partial charge < -0.3 is 15.2 Å². The quantitative estimate of drug-likeness (QED) is 0.832. The maximum atomic E-state index is 12.9. The Morgan fingerprint density at radius 2 is 2.08 bits per heavy atom. The van der Waals surface area contributed by atoms with Gasteiger partial charge in [0.1, 0.15) is 11.6 Å². The van der Waals surface area contributed by atoms with E-state index in [0.717, 1.165) is 25.0 Å². The highest BCUT2D eigenvalue weighted by molar-refractivity contribution is 5.77. The second-order valence-corrected chi connectivity index (χ2v) is 6.73. The van der Waals surface area contributed by atoms with Crippen LogP contribution >= 0.6 is 0 Å². The van der Waals surface area contributed by atoms with Gasteiger partial charge in [-0.05, 0) is 66.1 Å². The number of halogens is 1. The number of aryl methyl sites for hydroxylation is 1. The van der Waals surface area contributed by atoms with E-state index in [4.69, 9.17) is 4.74 Å². The van der Waals surface area contributed by atoms with Crippen LogP contribution in [0.1, 0.15) is 48.0 Å². The molecule has 2 atom stereocenters. The van der Waals surface area contributed by atoms with Crippen LogP contribution in [0.5, 0.6) is 5.75 Å². The van der Waals surface area contributed by atoms with Gasteiger partial charge in [-0.2, -0.15) is 0 Å². The summed E-state index contributed by atoms with van der Waals surface area (Å²) >= 11 is 0. The van der Waals surface area contributed by atoms with Crippen LogP contribution in [0.4, 0.5) is 4.39 Å². The lowest BCUT2D eigenvalue weighted by Gasteiger charge is -2.25. The molecule has 0 unspecified atom stereocenters. The number of amides is 1. The first-order valence-corrected chi connectivity index (χ1v) is 8.94. The average molecular weight is 357 g/mol. The second kappa shape index (κ2) is 8.32. The first-order chi connectivity index (χ1) is 12.6. The second-order valence-electron chi connectivity index (χ2n) is 6.73. The first kappa shape index (κ1) is 18.4. The van der Waals surface area contributed by atoms with Gasteiger partial charge in [-0.15, -0.1) is 0 Å². The van der Waals surface area contributed by atoms with E-state index in [9.17, 15) is 14.3 Å². The number of aliphatic hydroxyl groups is 1. The molecular formula is C21H24FNO3. The molecule has 0 radical (unpaired) electrons. The Morgan fingerprint density at radius 3 is 2.81 bits per heavy atom. The summed E-state index contributed by atoms with van der Waals surface area (Å²) < 4.78 is 18.2. The zero-order valence-corrected chi connectivity index (χ0v) is 14.9. The summed E-state index contributed by atoms with van der Waals surface area (Å²) in [4.78, 5) is 12.3. The Morgan fingerprint density at radius 1 is 1.31 bits per heavy atom. The Bertz CT molecular complexity index is 760. The lowest BCUT2D eigenvalue weighted by molar-refractivity contribution is -0.122. The third-order valence-corrected chi connectivity index (χ3v) is 4.97. The molecule has 1 amide bonds. The smallest absolute Gasteiger partial charge is 0.220 e. The first-order valence-electron chi connectivity index (χ1n) is 8.94. The summed E-state index contributed by atoms with van der Waals surface area (Å²) in [5.41, 5.74) is 3.05.